The Bertz CT molecular complexity index is 2710. The van der Waals surface area contributed by atoms with Gasteiger partial charge < -0.3 is 23.5 Å². The van der Waals surface area contributed by atoms with Gasteiger partial charge in [0, 0.05) is 22.4 Å². The Hall–Kier alpha value is -4.35. The van der Waals surface area contributed by atoms with Gasteiger partial charge in [-0.05, 0) is 132 Å². The van der Waals surface area contributed by atoms with Crippen LogP contribution in [0.3, 0.4) is 0 Å². The SMILES string of the molecule is [Pt+2].[c-]1c2cnc3c1c1nc(c4n1c1c(ccc(C5CCCCC5)c31)CC4)CCc1nc3c4[c-]c(cnc4c4c(C5CCCCC5)ccc5c4n3c1CC5)O2. The van der Waals surface area contributed by atoms with Crippen molar-refractivity contribution in [2.75, 3.05) is 0 Å². The Morgan fingerprint density at radius 2 is 1.02 bits per heavy atom. The van der Waals surface area contributed by atoms with Crippen LogP contribution in [0.4, 0.5) is 0 Å². The molecule has 9 heterocycles. The van der Waals surface area contributed by atoms with Crippen molar-refractivity contribution in [1.82, 2.24) is 28.7 Å². The number of benzene rings is 2. The zero-order chi connectivity index (χ0) is 34.4. The third-order valence-electron chi connectivity index (χ3n) is 13.8. The van der Waals surface area contributed by atoms with E-state index in [4.69, 9.17) is 24.7 Å². The molecule has 2 saturated carbocycles. The van der Waals surface area contributed by atoms with Crippen LogP contribution in [0.15, 0.2) is 36.7 Å². The van der Waals surface area contributed by atoms with Gasteiger partial charge in [0.25, 0.3) is 0 Å². The van der Waals surface area contributed by atoms with Crippen molar-refractivity contribution in [2.45, 2.75) is 115 Å². The molecule has 0 saturated heterocycles. The first-order valence-corrected chi connectivity index (χ1v) is 20.3. The van der Waals surface area contributed by atoms with Crippen LogP contribution in [0.2, 0.25) is 0 Å². The molecular weight excluding hydrogens is 848 g/mol. The van der Waals surface area contributed by atoms with E-state index in [1.54, 1.807) is 0 Å². The molecule has 54 heavy (non-hydrogen) atoms. The summed E-state index contributed by atoms with van der Waals surface area (Å²) in [6, 6.07) is 17.1. The summed E-state index contributed by atoms with van der Waals surface area (Å²) < 4.78 is 11.6. The molecule has 8 bridgehead atoms. The average molecular weight is 888 g/mol. The van der Waals surface area contributed by atoms with E-state index in [9.17, 15) is 0 Å². The van der Waals surface area contributed by atoms with E-state index in [1.165, 1.54) is 131 Å². The Kier molecular flexibility index (Phi) is 6.99. The van der Waals surface area contributed by atoms with Crippen molar-refractivity contribution in [3.63, 3.8) is 0 Å². The normalized spacial score (nSPS) is 18.5. The molecule has 2 fully saturated rings. The fraction of sp³-hybridized carbons (Fsp3) is 0.391. The molecule has 3 aliphatic heterocycles. The second-order valence-electron chi connectivity index (χ2n) is 16.6. The van der Waals surface area contributed by atoms with Crippen LogP contribution in [0.25, 0.3) is 54.9 Å². The molecule has 0 spiro atoms. The summed E-state index contributed by atoms with van der Waals surface area (Å²) in [5.41, 5.74) is 17.3. The quantitative estimate of drug-likeness (QED) is 0.128. The van der Waals surface area contributed by atoms with E-state index in [0.29, 0.717) is 23.3 Å². The standard InChI is InChI=1S/C46H40N6O.Pt/c1-3-7-25(8-4-1)31-15-11-27-13-19-37-35-17-18-36-38-20-14-28-12-16-32(26-9-5-2-6-10-26)40-42-34(46(50-36)52(38)44(28)40)22-30(24-48-42)53-29-21-33-41(47-23-29)39(31)43(27)51(37)45(33)49-35;/h11-12,15-16,23-26H,1-10,13-14,17-20H2;/q-2;+2. The van der Waals surface area contributed by atoms with Crippen LogP contribution < -0.4 is 4.74 Å². The van der Waals surface area contributed by atoms with Crippen molar-refractivity contribution in [1.29, 1.82) is 0 Å². The fourth-order valence-corrected chi connectivity index (χ4v) is 11.4. The topological polar surface area (TPSA) is 69.6 Å². The number of hydrogen-bond acceptors (Lipinski definition) is 5. The number of aromatic nitrogens is 6. The zero-order valence-electron chi connectivity index (χ0n) is 30.3. The number of fused-ring (bicyclic) bond motifs is 8. The van der Waals surface area contributed by atoms with E-state index in [0.717, 1.165) is 71.6 Å². The van der Waals surface area contributed by atoms with Gasteiger partial charge in [-0.2, -0.15) is 0 Å². The van der Waals surface area contributed by atoms with Gasteiger partial charge in [0.2, 0.25) is 0 Å². The summed E-state index contributed by atoms with van der Waals surface area (Å²) >= 11 is 0. The van der Waals surface area contributed by atoms with Gasteiger partial charge in [-0.1, -0.05) is 85.7 Å². The minimum absolute atomic E-state index is 0. The van der Waals surface area contributed by atoms with Gasteiger partial charge in [-0.25, -0.2) is 0 Å². The van der Waals surface area contributed by atoms with Crippen molar-refractivity contribution < 1.29 is 25.8 Å². The zero-order valence-corrected chi connectivity index (χ0v) is 32.6. The molecule has 270 valence electrons. The summed E-state index contributed by atoms with van der Waals surface area (Å²) in [6.45, 7) is 0. The largest absolute Gasteiger partial charge is 2.00 e. The van der Waals surface area contributed by atoms with Crippen LogP contribution in [-0.4, -0.2) is 28.7 Å². The molecule has 0 amide bonds. The second-order valence-corrected chi connectivity index (χ2v) is 16.6. The number of ether oxygens (including phenoxy) is 1. The fourth-order valence-electron chi connectivity index (χ4n) is 11.4. The monoisotopic (exact) mass is 887 g/mol. The minimum Gasteiger partial charge on any atom is -0.493 e. The second kappa shape index (κ2) is 11.8. The molecule has 13 rings (SSSR count). The first kappa shape index (κ1) is 31.9. The van der Waals surface area contributed by atoms with E-state index in [-0.39, 0.29) is 21.1 Å². The number of pyridine rings is 4. The van der Waals surface area contributed by atoms with Crippen molar-refractivity contribution in [3.8, 4) is 11.5 Å². The molecule has 7 nitrogen and oxygen atoms in total. The number of nitrogens with zero attached hydrogens (tertiary/aromatic N) is 6. The summed E-state index contributed by atoms with van der Waals surface area (Å²) in [5, 5.41) is 4.48. The Balaban J connectivity index is 0.00000325. The van der Waals surface area contributed by atoms with E-state index >= 15 is 0 Å². The molecule has 2 aliphatic carbocycles. The van der Waals surface area contributed by atoms with Crippen LogP contribution in [0.1, 0.15) is 121 Å². The maximum Gasteiger partial charge on any atom is 2.00 e. The van der Waals surface area contributed by atoms with Gasteiger partial charge in [0.15, 0.2) is 0 Å². The van der Waals surface area contributed by atoms with Crippen LogP contribution in [0, 0.1) is 12.1 Å². The van der Waals surface area contributed by atoms with Gasteiger partial charge in [-0.15, -0.1) is 0 Å². The Morgan fingerprint density at radius 3 is 1.48 bits per heavy atom. The molecular formula is C46H40N6OPt. The maximum absolute atomic E-state index is 6.66. The third kappa shape index (κ3) is 4.34. The molecule has 0 N–H and O–H groups in total. The predicted molar refractivity (Wildman–Crippen MR) is 208 cm³/mol. The Morgan fingerprint density at radius 1 is 0.556 bits per heavy atom. The van der Waals surface area contributed by atoms with Crippen molar-refractivity contribution in [2.24, 2.45) is 0 Å². The molecule has 6 aromatic heterocycles. The summed E-state index contributed by atoms with van der Waals surface area (Å²) in [7, 11) is 0. The molecule has 8 aromatic rings. The molecule has 0 radical (unpaired) electrons. The summed E-state index contributed by atoms with van der Waals surface area (Å²) in [5.74, 6) is 2.24. The summed E-state index contributed by atoms with van der Waals surface area (Å²) in [4.78, 5) is 21.5. The average Bonchev–Trinajstić information content (AvgIpc) is 3.79. The van der Waals surface area contributed by atoms with Crippen molar-refractivity contribution >= 4 is 54.9 Å². The predicted octanol–water partition coefficient (Wildman–Crippen LogP) is 10.2. The van der Waals surface area contributed by atoms with Gasteiger partial charge in [0.05, 0.1) is 34.2 Å². The number of rotatable bonds is 2. The Labute approximate surface area is 327 Å². The molecule has 0 unspecified atom stereocenters. The molecule has 2 aromatic carbocycles. The smallest absolute Gasteiger partial charge is 0.493 e. The van der Waals surface area contributed by atoms with Crippen LogP contribution in [-0.2, 0) is 59.6 Å². The molecule has 5 aliphatic rings. The van der Waals surface area contributed by atoms with E-state index < -0.39 is 0 Å². The summed E-state index contributed by atoms with van der Waals surface area (Å²) in [6.07, 6.45) is 22.3. The van der Waals surface area contributed by atoms with Gasteiger partial charge in [-0.3, -0.25) is 9.97 Å². The number of hydrogen-bond donors (Lipinski definition) is 0. The van der Waals surface area contributed by atoms with Crippen molar-refractivity contribution in [3.05, 3.63) is 93.8 Å². The van der Waals surface area contributed by atoms with E-state index in [1.807, 2.05) is 12.4 Å². The van der Waals surface area contributed by atoms with Crippen LogP contribution in [0.5, 0.6) is 11.5 Å². The van der Waals surface area contributed by atoms with E-state index in [2.05, 4.69) is 45.2 Å². The first-order valence-electron chi connectivity index (χ1n) is 20.3. The van der Waals surface area contributed by atoms with Gasteiger partial charge in [0.1, 0.15) is 0 Å². The minimum atomic E-state index is 0. The first-order chi connectivity index (χ1) is 26.3. The molecule has 0 atom stereocenters. The van der Waals surface area contributed by atoms with Gasteiger partial charge >= 0.3 is 21.1 Å². The number of imidazole rings is 2. The maximum atomic E-state index is 6.66. The number of aryl methyl sites for hydroxylation is 6. The molecule has 8 heteroatoms. The van der Waals surface area contributed by atoms with Crippen LogP contribution >= 0.6 is 0 Å². The third-order valence-corrected chi connectivity index (χ3v) is 13.8.